The van der Waals surface area contributed by atoms with Crippen LogP contribution in [0.3, 0.4) is 0 Å². The second-order valence-electron chi connectivity index (χ2n) is 1.79. The molecule has 0 aromatic rings. The Hall–Kier alpha value is 0.228. The first-order chi connectivity index (χ1) is 3.39. The van der Waals surface area contributed by atoms with Crippen LogP contribution in [0.15, 0.2) is 0 Å². The van der Waals surface area contributed by atoms with Gasteiger partial charge in [0, 0.05) is 0 Å². The van der Waals surface area contributed by atoms with Gasteiger partial charge in [0.25, 0.3) is 0 Å². The third-order valence-electron chi connectivity index (χ3n) is 1.12. The molecule has 1 N–H and O–H groups in total. The Balaban J connectivity index is 2.25. The summed E-state index contributed by atoms with van der Waals surface area (Å²) in [5.41, 5.74) is 0. The Kier molecular flexibility index (Phi) is 1.93. The molecule has 7 heavy (non-hydrogen) atoms. The predicted molar refractivity (Wildman–Crippen MR) is 32.1 cm³/mol. The van der Waals surface area contributed by atoms with E-state index >= 15 is 0 Å². The summed E-state index contributed by atoms with van der Waals surface area (Å²) < 4.78 is 1.06. The van der Waals surface area contributed by atoms with Gasteiger partial charge < -0.3 is 0 Å². The number of hydrogen-bond donors (Lipinski definition) is 1. The molecule has 1 saturated heterocycles. The minimum atomic E-state index is 0.359. The van der Waals surface area contributed by atoms with Crippen molar-refractivity contribution in [2.45, 2.75) is 24.5 Å². The Bertz CT molecular complexity index is 72.1. The van der Waals surface area contributed by atoms with Gasteiger partial charge in [0.2, 0.25) is 0 Å². The number of rotatable bonds is 0. The minimum absolute atomic E-state index is 0.359. The van der Waals surface area contributed by atoms with Crippen molar-refractivity contribution in [3.8, 4) is 0 Å². The summed E-state index contributed by atoms with van der Waals surface area (Å²) in [6.07, 6.45) is 3.79. The standard InChI is InChI=1S/C5H9AsN/c7-5-3-1-2-4-6-5/h7H,1-4H2. The second kappa shape index (κ2) is 2.51. The van der Waals surface area contributed by atoms with Gasteiger partial charge in [0.1, 0.15) is 0 Å². The maximum atomic E-state index is 7.23. The molecule has 1 aliphatic heterocycles. The van der Waals surface area contributed by atoms with E-state index in [1.165, 1.54) is 18.1 Å². The van der Waals surface area contributed by atoms with Gasteiger partial charge in [-0.1, -0.05) is 0 Å². The molecule has 1 aliphatic rings. The Morgan fingerprint density at radius 2 is 2.29 bits per heavy atom. The van der Waals surface area contributed by atoms with Crippen molar-refractivity contribution < 1.29 is 0 Å². The summed E-state index contributed by atoms with van der Waals surface area (Å²) in [7, 11) is 0. The first-order valence-corrected chi connectivity index (χ1v) is 4.91. The van der Waals surface area contributed by atoms with Gasteiger partial charge in [-0.2, -0.15) is 0 Å². The van der Waals surface area contributed by atoms with Gasteiger partial charge in [0.05, 0.1) is 0 Å². The monoisotopic (exact) mass is 158 g/mol. The normalized spacial score (nSPS) is 26.0. The van der Waals surface area contributed by atoms with E-state index in [0.717, 1.165) is 10.9 Å². The van der Waals surface area contributed by atoms with E-state index in [2.05, 4.69) is 0 Å². The zero-order valence-electron chi connectivity index (χ0n) is 4.28. The Morgan fingerprint density at radius 1 is 1.43 bits per heavy atom. The van der Waals surface area contributed by atoms with Crippen LogP contribution >= 0.6 is 0 Å². The molecule has 1 fully saturated rings. The van der Waals surface area contributed by atoms with E-state index < -0.39 is 0 Å². The van der Waals surface area contributed by atoms with Gasteiger partial charge in [-0.15, -0.1) is 0 Å². The van der Waals surface area contributed by atoms with Crippen LogP contribution in [0.4, 0.5) is 0 Å². The molecule has 0 unspecified atom stereocenters. The Morgan fingerprint density at radius 3 is 2.57 bits per heavy atom. The molecule has 0 atom stereocenters. The molecule has 0 aromatic carbocycles. The Labute approximate surface area is 50.7 Å². The zero-order valence-corrected chi connectivity index (χ0v) is 6.15. The zero-order chi connectivity index (χ0) is 5.11. The van der Waals surface area contributed by atoms with E-state index in [0.29, 0.717) is 15.8 Å². The van der Waals surface area contributed by atoms with Crippen LogP contribution in [0.5, 0.6) is 0 Å². The van der Waals surface area contributed by atoms with E-state index in [1.54, 1.807) is 0 Å². The molecular formula is C5H9AsN. The van der Waals surface area contributed by atoms with Gasteiger partial charge in [-0.25, -0.2) is 0 Å². The predicted octanol–water partition coefficient (Wildman–Crippen LogP) is 1.27. The number of hydrogen-bond acceptors (Lipinski definition) is 1. The van der Waals surface area contributed by atoms with Crippen molar-refractivity contribution in [3.05, 3.63) is 0 Å². The van der Waals surface area contributed by atoms with Crippen LogP contribution in [-0.2, 0) is 0 Å². The van der Waals surface area contributed by atoms with Crippen LogP contribution in [-0.4, -0.2) is 20.3 Å². The molecule has 1 rings (SSSR count). The average molecular weight is 158 g/mol. The summed E-state index contributed by atoms with van der Waals surface area (Å²) in [4.78, 5) is 0. The van der Waals surface area contributed by atoms with E-state index in [1.807, 2.05) is 0 Å². The first-order valence-electron chi connectivity index (χ1n) is 2.64. The molecule has 0 bridgehead atoms. The maximum absolute atomic E-state index is 7.23. The fraction of sp³-hybridized carbons (Fsp3) is 0.800. The second-order valence-corrected chi connectivity index (χ2v) is 4.52. The van der Waals surface area contributed by atoms with Crippen LogP contribution in [0.1, 0.15) is 19.3 Å². The van der Waals surface area contributed by atoms with E-state index in [-0.39, 0.29) is 0 Å². The van der Waals surface area contributed by atoms with Gasteiger partial charge >= 0.3 is 50.1 Å². The third-order valence-corrected chi connectivity index (χ3v) is 3.53. The molecule has 0 saturated carbocycles. The van der Waals surface area contributed by atoms with Gasteiger partial charge in [0.15, 0.2) is 0 Å². The van der Waals surface area contributed by atoms with Gasteiger partial charge in [-0.3, -0.25) is 0 Å². The summed E-state index contributed by atoms with van der Waals surface area (Å²) in [6.45, 7) is 0. The SMILES string of the molecule is N=C1CCCC[As]1. The van der Waals surface area contributed by atoms with Crippen molar-refractivity contribution in [1.29, 1.82) is 5.41 Å². The van der Waals surface area contributed by atoms with Crippen molar-refractivity contribution in [2.75, 3.05) is 0 Å². The fourth-order valence-electron chi connectivity index (χ4n) is 0.697. The van der Waals surface area contributed by atoms with Crippen molar-refractivity contribution in [1.82, 2.24) is 0 Å². The molecule has 0 amide bonds. The molecule has 0 aromatic heterocycles. The van der Waals surface area contributed by atoms with Crippen LogP contribution in [0.25, 0.3) is 0 Å². The summed E-state index contributed by atoms with van der Waals surface area (Å²) >= 11 is 0.359. The van der Waals surface area contributed by atoms with Crippen LogP contribution < -0.4 is 0 Å². The molecule has 0 spiro atoms. The molecular weight excluding hydrogens is 149 g/mol. The van der Waals surface area contributed by atoms with E-state index in [9.17, 15) is 0 Å². The fourth-order valence-corrected chi connectivity index (χ4v) is 2.73. The van der Waals surface area contributed by atoms with Crippen molar-refractivity contribution in [3.63, 3.8) is 0 Å². The summed E-state index contributed by atoms with van der Waals surface area (Å²) in [6, 6.07) is 0. The molecule has 2 heteroatoms. The molecule has 1 nitrogen and oxygen atoms in total. The average Bonchev–Trinajstić information content (AvgIpc) is 1.69. The molecule has 39 valence electrons. The van der Waals surface area contributed by atoms with Crippen LogP contribution in [0, 0.1) is 5.41 Å². The van der Waals surface area contributed by atoms with Crippen molar-refractivity contribution in [2.24, 2.45) is 0 Å². The topological polar surface area (TPSA) is 23.9 Å². The number of nitrogens with one attached hydrogen (secondary N) is 1. The van der Waals surface area contributed by atoms with Crippen molar-refractivity contribution >= 4 is 20.3 Å². The summed E-state index contributed by atoms with van der Waals surface area (Å²) in [5.74, 6) is 0. The molecule has 0 aliphatic carbocycles. The first kappa shape index (κ1) is 5.37. The quantitative estimate of drug-likeness (QED) is 0.513. The third kappa shape index (κ3) is 1.64. The van der Waals surface area contributed by atoms with Gasteiger partial charge in [-0.05, 0) is 0 Å². The van der Waals surface area contributed by atoms with E-state index in [4.69, 9.17) is 5.41 Å². The van der Waals surface area contributed by atoms with Crippen LogP contribution in [0.2, 0.25) is 5.21 Å². The molecule has 1 heterocycles. The summed E-state index contributed by atoms with van der Waals surface area (Å²) in [5, 5.41) is 8.59. The molecule has 1 radical (unpaired) electrons.